The summed E-state index contributed by atoms with van der Waals surface area (Å²) in [4.78, 5) is 13.9. The second kappa shape index (κ2) is 7.65. The second-order valence-corrected chi connectivity index (χ2v) is 8.33. The van der Waals surface area contributed by atoms with Gasteiger partial charge in [-0.15, -0.1) is 13.2 Å². The number of carbonyl (C=O) groups is 1. The molecule has 0 unspecified atom stereocenters. The Morgan fingerprint density at radius 3 is 2.48 bits per heavy atom. The van der Waals surface area contributed by atoms with Crippen molar-refractivity contribution in [1.82, 2.24) is 0 Å². The zero-order chi connectivity index (χ0) is 22.2. The quantitative estimate of drug-likeness (QED) is 0.627. The van der Waals surface area contributed by atoms with E-state index < -0.39 is 22.1 Å². The molecule has 0 saturated carbocycles. The van der Waals surface area contributed by atoms with Crippen molar-refractivity contribution < 1.29 is 35.5 Å². The van der Waals surface area contributed by atoms with Gasteiger partial charge in [0.25, 0.3) is 15.9 Å². The van der Waals surface area contributed by atoms with Crippen LogP contribution in [0.2, 0.25) is 0 Å². The number of anilines is 2. The third kappa shape index (κ3) is 4.50. The molecule has 1 amide bonds. The van der Waals surface area contributed by atoms with E-state index in [0.29, 0.717) is 18.7 Å². The lowest BCUT2D eigenvalue weighted by Crippen LogP contribution is -2.28. The number of amides is 1. The van der Waals surface area contributed by atoms with Crippen molar-refractivity contribution in [1.29, 1.82) is 0 Å². The Morgan fingerprint density at radius 1 is 1.10 bits per heavy atom. The molecule has 1 N–H and O–H groups in total. The number of nitrogens with one attached hydrogen (secondary N) is 1. The summed E-state index contributed by atoms with van der Waals surface area (Å²) in [7, 11) is -4.08. The topological polar surface area (TPSA) is 88.9 Å². The van der Waals surface area contributed by atoms with Crippen molar-refractivity contribution in [3.8, 4) is 5.75 Å². The summed E-state index contributed by atoms with van der Waals surface area (Å²) < 4.78 is 73.3. The Kier molecular flexibility index (Phi) is 5.13. The molecule has 0 radical (unpaired) electrons. The van der Waals surface area contributed by atoms with Crippen molar-refractivity contribution in [3.05, 3.63) is 72.2 Å². The molecule has 0 atom stereocenters. The molecule has 2 aromatic carbocycles. The molecule has 3 aromatic rings. The fraction of sp³-hybridized carbons (Fsp3) is 0.150. The van der Waals surface area contributed by atoms with Crippen LogP contribution in [-0.2, 0) is 16.4 Å². The average molecular weight is 452 g/mol. The first-order chi connectivity index (χ1) is 14.6. The first kappa shape index (κ1) is 20.8. The molecule has 31 heavy (non-hydrogen) atoms. The van der Waals surface area contributed by atoms with Gasteiger partial charge in [-0.05, 0) is 60.5 Å². The second-order valence-electron chi connectivity index (χ2n) is 6.65. The van der Waals surface area contributed by atoms with E-state index in [2.05, 4.69) is 9.46 Å². The molecule has 7 nitrogen and oxygen atoms in total. The minimum absolute atomic E-state index is 0.167. The number of halogens is 3. The summed E-state index contributed by atoms with van der Waals surface area (Å²) in [5, 5.41) is 0. The minimum atomic E-state index is -4.87. The highest BCUT2D eigenvalue weighted by Crippen LogP contribution is 2.33. The first-order valence-corrected chi connectivity index (χ1v) is 10.5. The molecule has 2 heterocycles. The van der Waals surface area contributed by atoms with Gasteiger partial charge in [0, 0.05) is 12.2 Å². The molecular weight excluding hydrogens is 437 g/mol. The summed E-state index contributed by atoms with van der Waals surface area (Å²) in [6.07, 6.45) is -2.88. The van der Waals surface area contributed by atoms with E-state index in [9.17, 15) is 26.4 Å². The van der Waals surface area contributed by atoms with Crippen LogP contribution in [0.4, 0.5) is 24.5 Å². The molecule has 0 aliphatic carbocycles. The van der Waals surface area contributed by atoms with Crippen molar-refractivity contribution in [2.75, 3.05) is 16.2 Å². The van der Waals surface area contributed by atoms with Gasteiger partial charge in [0.05, 0.1) is 16.8 Å². The highest BCUT2D eigenvalue weighted by Gasteiger charge is 2.31. The number of benzene rings is 2. The van der Waals surface area contributed by atoms with Gasteiger partial charge in [-0.2, -0.15) is 0 Å². The molecule has 4 rings (SSSR count). The van der Waals surface area contributed by atoms with Crippen molar-refractivity contribution in [3.63, 3.8) is 0 Å². The van der Waals surface area contributed by atoms with Gasteiger partial charge < -0.3 is 14.1 Å². The van der Waals surface area contributed by atoms with Crippen molar-refractivity contribution >= 4 is 27.3 Å². The summed E-state index contributed by atoms with van der Waals surface area (Å²) in [5.74, 6) is -0.708. The summed E-state index contributed by atoms with van der Waals surface area (Å²) in [5.41, 5.74) is 1.63. The van der Waals surface area contributed by atoms with Crippen LogP contribution in [0.25, 0.3) is 0 Å². The van der Waals surface area contributed by atoms with Gasteiger partial charge in [-0.1, -0.05) is 6.07 Å². The smallest absolute Gasteiger partial charge is 0.459 e. The molecule has 1 aliphatic heterocycles. The highest BCUT2D eigenvalue weighted by molar-refractivity contribution is 7.92. The van der Waals surface area contributed by atoms with Crippen LogP contribution in [0.5, 0.6) is 5.75 Å². The van der Waals surface area contributed by atoms with E-state index >= 15 is 0 Å². The Bertz CT molecular complexity index is 1210. The van der Waals surface area contributed by atoms with Crippen LogP contribution < -0.4 is 14.4 Å². The predicted octanol–water partition coefficient (Wildman–Crippen LogP) is 4.18. The molecule has 0 spiro atoms. The number of alkyl halides is 3. The summed E-state index contributed by atoms with van der Waals surface area (Å²) in [6, 6.07) is 11.8. The van der Waals surface area contributed by atoms with E-state index in [-0.39, 0.29) is 22.3 Å². The zero-order valence-corrected chi connectivity index (χ0v) is 16.5. The van der Waals surface area contributed by atoms with Crippen LogP contribution in [0.15, 0.2) is 70.2 Å². The highest BCUT2D eigenvalue weighted by atomic mass is 32.2. The zero-order valence-electron chi connectivity index (χ0n) is 15.7. The van der Waals surface area contributed by atoms with E-state index in [1.54, 1.807) is 24.3 Å². The summed E-state index contributed by atoms with van der Waals surface area (Å²) in [6.45, 7) is 0.422. The first-order valence-electron chi connectivity index (χ1n) is 8.99. The molecule has 0 bridgehead atoms. The maximum absolute atomic E-state index is 12.6. The van der Waals surface area contributed by atoms with Crippen LogP contribution >= 0.6 is 0 Å². The lowest BCUT2D eigenvalue weighted by molar-refractivity contribution is -0.274. The van der Waals surface area contributed by atoms with Gasteiger partial charge in [0.2, 0.25) is 0 Å². The normalized spacial score (nSPS) is 13.7. The Balaban J connectivity index is 1.55. The standard InChI is InChI=1S/C20H15F3N2O5S/c21-20(22,23)30-15-5-7-16(8-6-15)31(27,28)24-14-4-3-13-9-10-25(17(13)12-14)19(26)18-2-1-11-29-18/h1-8,11-12,24H,9-10H2. The number of nitrogens with zero attached hydrogens (tertiary/aromatic N) is 1. The Hall–Kier alpha value is -3.47. The number of carbonyl (C=O) groups excluding carboxylic acids is 1. The fourth-order valence-electron chi connectivity index (χ4n) is 3.22. The van der Waals surface area contributed by atoms with E-state index in [4.69, 9.17) is 4.42 Å². The number of furan rings is 1. The van der Waals surface area contributed by atoms with E-state index in [1.165, 1.54) is 17.2 Å². The van der Waals surface area contributed by atoms with Gasteiger partial charge in [-0.25, -0.2) is 8.42 Å². The SMILES string of the molecule is O=C(c1ccco1)N1CCc2ccc(NS(=O)(=O)c3ccc(OC(F)(F)F)cc3)cc21. The number of ether oxygens (including phenoxy) is 1. The van der Waals surface area contributed by atoms with E-state index in [1.807, 2.05) is 0 Å². The molecule has 1 aromatic heterocycles. The van der Waals surface area contributed by atoms with Crippen LogP contribution in [0.3, 0.4) is 0 Å². The maximum Gasteiger partial charge on any atom is 0.573 e. The Morgan fingerprint density at radius 2 is 1.84 bits per heavy atom. The van der Waals surface area contributed by atoms with Crippen molar-refractivity contribution in [2.24, 2.45) is 0 Å². The number of sulfonamides is 1. The predicted molar refractivity (Wildman–Crippen MR) is 104 cm³/mol. The molecule has 1 aliphatic rings. The van der Waals surface area contributed by atoms with E-state index in [0.717, 1.165) is 29.8 Å². The van der Waals surface area contributed by atoms with Gasteiger partial charge in [0.1, 0.15) is 5.75 Å². The van der Waals surface area contributed by atoms with Gasteiger partial charge >= 0.3 is 6.36 Å². The number of hydrogen-bond donors (Lipinski definition) is 1. The maximum atomic E-state index is 12.6. The molecule has 0 fully saturated rings. The molecule has 162 valence electrons. The molecular formula is C20H15F3N2O5S. The summed E-state index contributed by atoms with van der Waals surface area (Å²) >= 11 is 0. The lowest BCUT2D eigenvalue weighted by Gasteiger charge is -2.17. The molecule has 0 saturated heterocycles. The Labute approximate surface area is 175 Å². The minimum Gasteiger partial charge on any atom is -0.459 e. The number of fused-ring (bicyclic) bond motifs is 1. The van der Waals surface area contributed by atoms with Gasteiger partial charge in [-0.3, -0.25) is 9.52 Å². The monoisotopic (exact) mass is 452 g/mol. The number of rotatable bonds is 5. The third-order valence-corrected chi connectivity index (χ3v) is 5.97. The fourth-order valence-corrected chi connectivity index (χ4v) is 4.27. The van der Waals surface area contributed by atoms with Crippen LogP contribution in [0, 0.1) is 0 Å². The largest absolute Gasteiger partial charge is 0.573 e. The van der Waals surface area contributed by atoms with Gasteiger partial charge in [0.15, 0.2) is 5.76 Å². The van der Waals surface area contributed by atoms with Crippen LogP contribution in [-0.4, -0.2) is 27.2 Å². The average Bonchev–Trinajstić information content (AvgIpc) is 3.36. The van der Waals surface area contributed by atoms with Crippen LogP contribution in [0.1, 0.15) is 16.1 Å². The number of hydrogen-bond acceptors (Lipinski definition) is 5. The molecule has 11 heteroatoms. The van der Waals surface area contributed by atoms with Crippen molar-refractivity contribution in [2.45, 2.75) is 17.7 Å². The third-order valence-electron chi connectivity index (χ3n) is 4.58. The lowest BCUT2D eigenvalue weighted by atomic mass is 10.1.